The van der Waals surface area contributed by atoms with Crippen molar-refractivity contribution in [2.45, 2.75) is 44.4 Å². The molecule has 0 saturated carbocycles. The second-order valence-electron chi connectivity index (χ2n) is 10.1. The minimum atomic E-state index is -4.53. The highest BCUT2D eigenvalue weighted by molar-refractivity contribution is 5.96. The number of hydrogen-bond acceptors (Lipinski definition) is 7. The Morgan fingerprint density at radius 2 is 2.10 bits per heavy atom. The molecule has 5 rings (SSSR count). The number of nitrogens with one attached hydrogen (secondary N) is 2. The van der Waals surface area contributed by atoms with Gasteiger partial charge in [0.05, 0.1) is 36.0 Å². The summed E-state index contributed by atoms with van der Waals surface area (Å²) < 4.78 is 68.8. The summed E-state index contributed by atoms with van der Waals surface area (Å²) >= 11 is 0. The summed E-state index contributed by atoms with van der Waals surface area (Å²) in [5.74, 6) is -0.405. The zero-order valence-corrected chi connectivity index (χ0v) is 22.6. The largest absolute Gasteiger partial charge is 0.406 e. The molecule has 0 bridgehead atoms. The number of piperidine rings is 1. The molecule has 3 aromatic heterocycles. The zero-order chi connectivity index (χ0) is 29.1. The van der Waals surface area contributed by atoms with E-state index in [1.165, 1.54) is 0 Å². The maximum absolute atomic E-state index is 14.7. The van der Waals surface area contributed by atoms with Gasteiger partial charge in [-0.05, 0) is 37.7 Å². The number of carbonyl (C=O) groups is 1. The number of carbonyl (C=O) groups excluding carboxylic acids is 1. The molecule has 41 heavy (non-hydrogen) atoms. The lowest BCUT2D eigenvalue weighted by Crippen LogP contribution is -2.46. The second kappa shape index (κ2) is 11.9. The summed E-state index contributed by atoms with van der Waals surface area (Å²) in [7, 11) is 3.43. The highest BCUT2D eigenvalue weighted by Crippen LogP contribution is 2.35. The number of methoxy groups -OCH3 is 1. The number of ether oxygens (including phenoxy) is 1. The van der Waals surface area contributed by atoms with Crippen molar-refractivity contribution in [1.82, 2.24) is 29.5 Å². The molecule has 0 spiro atoms. The Bertz CT molecular complexity index is 1500. The van der Waals surface area contributed by atoms with Crippen LogP contribution in [0.4, 0.5) is 23.2 Å². The fourth-order valence-electron chi connectivity index (χ4n) is 4.96. The zero-order valence-electron chi connectivity index (χ0n) is 22.6. The normalized spacial score (nSPS) is 18.2. The Balaban J connectivity index is 1.37. The fourth-order valence-corrected chi connectivity index (χ4v) is 4.96. The summed E-state index contributed by atoms with van der Waals surface area (Å²) in [6.07, 6.45) is -1.67. The van der Waals surface area contributed by atoms with Crippen LogP contribution in [0.5, 0.6) is 0 Å². The molecule has 220 valence electrons. The molecule has 1 fully saturated rings. The van der Waals surface area contributed by atoms with E-state index in [-0.39, 0.29) is 36.4 Å². The van der Waals surface area contributed by atoms with Crippen LogP contribution in [0.25, 0.3) is 22.4 Å². The average Bonchev–Trinajstić information content (AvgIpc) is 3.66. The Morgan fingerprint density at radius 1 is 1.27 bits per heavy atom. The van der Waals surface area contributed by atoms with Crippen LogP contribution in [0, 0.1) is 0 Å². The number of benzene rings is 1. The molecule has 4 heterocycles. The van der Waals surface area contributed by atoms with Gasteiger partial charge in [-0.2, -0.15) is 18.2 Å². The van der Waals surface area contributed by atoms with Crippen LogP contribution < -0.4 is 10.6 Å². The molecule has 1 aromatic carbocycles. The summed E-state index contributed by atoms with van der Waals surface area (Å²) in [6, 6.07) is 7.64. The maximum Gasteiger partial charge on any atom is 0.406 e. The number of alkyl halides is 4. The SMILES string of the molecule is COCCn1ccc(C(=O)NCc2nc(-c3cc4c(N[C@@H]5CCN(C)C[C@@H]5F)cccc4n3CC(F)(F)F)no2)c1. The smallest absolute Gasteiger partial charge is 0.383 e. The Morgan fingerprint density at radius 3 is 2.85 bits per heavy atom. The molecular formula is C27H31F4N7O3. The number of hydrogen-bond donors (Lipinski definition) is 2. The van der Waals surface area contributed by atoms with Gasteiger partial charge in [-0.25, -0.2) is 4.39 Å². The van der Waals surface area contributed by atoms with Crippen LogP contribution in [0.15, 0.2) is 47.2 Å². The van der Waals surface area contributed by atoms with Gasteiger partial charge in [0.1, 0.15) is 12.7 Å². The molecule has 2 N–H and O–H groups in total. The predicted molar refractivity (Wildman–Crippen MR) is 143 cm³/mol. The predicted octanol–water partition coefficient (Wildman–Crippen LogP) is 4.09. The van der Waals surface area contributed by atoms with E-state index in [0.29, 0.717) is 48.3 Å². The van der Waals surface area contributed by atoms with Crippen molar-refractivity contribution in [3.8, 4) is 11.5 Å². The van der Waals surface area contributed by atoms with Crippen LogP contribution in [-0.2, 0) is 24.4 Å². The van der Waals surface area contributed by atoms with E-state index in [9.17, 15) is 22.4 Å². The highest BCUT2D eigenvalue weighted by Gasteiger charge is 2.32. The molecule has 14 heteroatoms. The van der Waals surface area contributed by atoms with Crippen LogP contribution in [0.1, 0.15) is 22.7 Å². The average molecular weight is 578 g/mol. The number of likely N-dealkylation sites (tertiary alicyclic amines) is 1. The first-order valence-corrected chi connectivity index (χ1v) is 13.2. The van der Waals surface area contributed by atoms with Crippen molar-refractivity contribution in [3.05, 3.63) is 54.2 Å². The summed E-state index contributed by atoms with van der Waals surface area (Å²) in [6.45, 7) is 0.668. The van der Waals surface area contributed by atoms with Crippen molar-refractivity contribution in [1.29, 1.82) is 0 Å². The minimum absolute atomic E-state index is 0.0286. The van der Waals surface area contributed by atoms with Crippen molar-refractivity contribution in [2.24, 2.45) is 0 Å². The Labute approximate surface area is 233 Å². The molecule has 1 aliphatic heterocycles. The first-order valence-electron chi connectivity index (χ1n) is 13.2. The first-order chi connectivity index (χ1) is 19.6. The van der Waals surface area contributed by atoms with Gasteiger partial charge < -0.3 is 33.9 Å². The first kappa shape index (κ1) is 28.6. The van der Waals surface area contributed by atoms with Gasteiger partial charge in [0.2, 0.25) is 11.7 Å². The molecule has 1 aliphatic rings. The van der Waals surface area contributed by atoms with Crippen LogP contribution >= 0.6 is 0 Å². The van der Waals surface area contributed by atoms with E-state index in [2.05, 4.69) is 20.8 Å². The number of rotatable bonds is 10. The lowest BCUT2D eigenvalue weighted by Gasteiger charge is -2.33. The van der Waals surface area contributed by atoms with Crippen LogP contribution in [-0.4, -0.2) is 82.3 Å². The molecule has 4 aromatic rings. The third kappa shape index (κ3) is 6.70. The lowest BCUT2D eigenvalue weighted by atomic mass is 10.0. The maximum atomic E-state index is 14.7. The van der Waals surface area contributed by atoms with E-state index in [4.69, 9.17) is 9.26 Å². The van der Waals surface area contributed by atoms with E-state index in [0.717, 1.165) is 4.57 Å². The Hall–Kier alpha value is -3.91. The standard InChI is InChI=1S/C27H31F4N7O3/c1-36-8-7-21(19(28)15-36)33-20-4-3-5-22-18(20)12-23(38(22)16-27(29,30)31)25-34-24(41-35-25)13-32-26(39)17-6-9-37(14-17)10-11-40-2/h3-6,9,12,14,19,21,33H,7-8,10-11,13,15-16H2,1-2H3,(H,32,39)/t19-,21+/m0/s1. The van der Waals surface area contributed by atoms with Gasteiger partial charge in [0.25, 0.3) is 5.91 Å². The van der Waals surface area contributed by atoms with Crippen molar-refractivity contribution >= 4 is 22.5 Å². The van der Waals surface area contributed by atoms with Crippen LogP contribution in [0.3, 0.4) is 0 Å². The van der Waals surface area contributed by atoms with Gasteiger partial charge in [0.15, 0.2) is 0 Å². The number of amides is 1. The third-order valence-electron chi connectivity index (χ3n) is 7.03. The van der Waals surface area contributed by atoms with E-state index >= 15 is 0 Å². The summed E-state index contributed by atoms with van der Waals surface area (Å²) in [4.78, 5) is 18.7. The molecule has 2 atom stereocenters. The number of aromatic nitrogens is 4. The molecule has 0 aliphatic carbocycles. The monoisotopic (exact) mass is 577 g/mol. The molecular weight excluding hydrogens is 546 g/mol. The molecule has 1 amide bonds. The number of anilines is 1. The molecule has 10 nitrogen and oxygen atoms in total. The lowest BCUT2D eigenvalue weighted by molar-refractivity contribution is -0.139. The number of fused-ring (bicyclic) bond motifs is 1. The summed E-state index contributed by atoms with van der Waals surface area (Å²) in [5, 5.41) is 10.3. The number of nitrogens with zero attached hydrogens (tertiary/aromatic N) is 5. The van der Waals surface area contributed by atoms with Crippen molar-refractivity contribution < 1.29 is 31.6 Å². The van der Waals surface area contributed by atoms with Gasteiger partial charge in [-0.15, -0.1) is 0 Å². The van der Waals surface area contributed by atoms with Gasteiger partial charge in [-0.3, -0.25) is 4.79 Å². The van der Waals surface area contributed by atoms with Crippen molar-refractivity contribution in [2.75, 3.05) is 39.2 Å². The van der Waals surface area contributed by atoms with Gasteiger partial charge in [-0.1, -0.05) is 11.2 Å². The minimum Gasteiger partial charge on any atom is -0.383 e. The molecule has 1 saturated heterocycles. The van der Waals surface area contributed by atoms with Gasteiger partial charge >= 0.3 is 6.18 Å². The molecule has 0 unspecified atom stereocenters. The number of halogens is 4. The van der Waals surface area contributed by atoms with Gasteiger partial charge in [0, 0.05) is 50.2 Å². The quantitative estimate of drug-likeness (QED) is 0.274. The molecule has 0 radical (unpaired) electrons. The van der Waals surface area contributed by atoms with Crippen LogP contribution in [0.2, 0.25) is 0 Å². The second-order valence-corrected chi connectivity index (χ2v) is 10.1. The Kier molecular flexibility index (Phi) is 8.31. The van der Waals surface area contributed by atoms with Crippen molar-refractivity contribution in [3.63, 3.8) is 0 Å². The summed E-state index contributed by atoms with van der Waals surface area (Å²) in [5.41, 5.74) is 1.33. The third-order valence-corrected chi connectivity index (χ3v) is 7.03. The van der Waals surface area contributed by atoms with E-state index < -0.39 is 24.9 Å². The van der Waals surface area contributed by atoms with E-state index in [1.807, 2.05) is 16.5 Å². The fraction of sp³-hybridized carbons (Fsp3) is 0.444. The highest BCUT2D eigenvalue weighted by atomic mass is 19.4. The van der Waals surface area contributed by atoms with E-state index in [1.54, 1.807) is 49.8 Å². The topological polar surface area (TPSA) is 102 Å².